The Morgan fingerprint density at radius 3 is 2.25 bits per heavy atom. The van der Waals surface area contributed by atoms with E-state index in [1.165, 1.54) is 12.4 Å². The number of hydrogen-bond donors (Lipinski definition) is 2. The molecule has 1 aromatic rings. The second kappa shape index (κ2) is 4.57. The molecular weight excluding hydrogens is 208 g/mol. The third-order valence-electron chi connectivity index (χ3n) is 2.98. The first-order chi connectivity index (χ1) is 7.66. The molecule has 1 heterocycles. The van der Waals surface area contributed by atoms with Crippen molar-refractivity contribution in [2.24, 2.45) is 0 Å². The molecule has 1 fully saturated rings. The minimum Gasteiger partial charge on any atom is -0.478 e. The van der Waals surface area contributed by atoms with Crippen molar-refractivity contribution in [1.82, 2.24) is 9.97 Å². The zero-order chi connectivity index (χ0) is 11.5. The Bertz CT molecular complexity index is 369. The number of aromatic carboxylic acids is 1. The predicted molar refractivity (Wildman–Crippen MR) is 56.2 cm³/mol. The van der Waals surface area contributed by atoms with Gasteiger partial charge < -0.3 is 10.2 Å². The lowest BCUT2D eigenvalue weighted by molar-refractivity contribution is 0.0696. The van der Waals surface area contributed by atoms with Crippen molar-refractivity contribution in [2.75, 3.05) is 0 Å². The van der Waals surface area contributed by atoms with Crippen molar-refractivity contribution in [1.29, 1.82) is 0 Å². The number of aliphatic hydroxyl groups excluding tert-OH is 1. The van der Waals surface area contributed by atoms with Gasteiger partial charge in [-0.15, -0.1) is 0 Å². The Morgan fingerprint density at radius 2 is 1.75 bits per heavy atom. The first-order valence-corrected chi connectivity index (χ1v) is 5.40. The van der Waals surface area contributed by atoms with Crippen molar-refractivity contribution in [3.8, 4) is 0 Å². The van der Waals surface area contributed by atoms with Gasteiger partial charge in [0.05, 0.1) is 11.7 Å². The molecule has 0 radical (unpaired) electrons. The molecule has 1 aliphatic rings. The Morgan fingerprint density at radius 1 is 1.19 bits per heavy atom. The van der Waals surface area contributed by atoms with Crippen molar-refractivity contribution >= 4 is 5.97 Å². The zero-order valence-electron chi connectivity index (χ0n) is 8.83. The van der Waals surface area contributed by atoms with Gasteiger partial charge in [-0.25, -0.2) is 14.8 Å². The second-order valence-corrected chi connectivity index (χ2v) is 4.14. The summed E-state index contributed by atoms with van der Waals surface area (Å²) in [4.78, 5) is 18.8. The smallest absolute Gasteiger partial charge is 0.338 e. The van der Waals surface area contributed by atoms with E-state index in [0.29, 0.717) is 5.82 Å². The summed E-state index contributed by atoms with van der Waals surface area (Å²) in [6, 6.07) is 0. The molecule has 16 heavy (non-hydrogen) atoms. The lowest BCUT2D eigenvalue weighted by atomic mass is 9.87. The summed E-state index contributed by atoms with van der Waals surface area (Å²) in [7, 11) is 0. The fourth-order valence-electron chi connectivity index (χ4n) is 1.99. The molecule has 0 aromatic carbocycles. The third kappa shape index (κ3) is 2.36. The van der Waals surface area contributed by atoms with Gasteiger partial charge in [-0.1, -0.05) is 0 Å². The van der Waals surface area contributed by atoms with Crippen LogP contribution in [-0.4, -0.2) is 32.3 Å². The van der Waals surface area contributed by atoms with Gasteiger partial charge >= 0.3 is 5.97 Å². The maximum absolute atomic E-state index is 10.6. The Balaban J connectivity index is 2.07. The van der Waals surface area contributed by atoms with Crippen LogP contribution in [0.5, 0.6) is 0 Å². The molecule has 0 amide bonds. The minimum absolute atomic E-state index is 0.111. The normalized spacial score (nSPS) is 25.3. The molecule has 1 aromatic heterocycles. The number of aromatic nitrogens is 2. The van der Waals surface area contributed by atoms with Gasteiger partial charge in [-0.3, -0.25) is 0 Å². The molecule has 1 aliphatic carbocycles. The highest BCUT2D eigenvalue weighted by atomic mass is 16.4. The Kier molecular flexibility index (Phi) is 3.14. The van der Waals surface area contributed by atoms with E-state index in [9.17, 15) is 9.90 Å². The van der Waals surface area contributed by atoms with Crippen LogP contribution in [0.15, 0.2) is 12.4 Å². The topological polar surface area (TPSA) is 83.3 Å². The molecule has 86 valence electrons. The van der Waals surface area contributed by atoms with E-state index in [0.717, 1.165) is 25.7 Å². The molecule has 0 saturated heterocycles. The van der Waals surface area contributed by atoms with Crippen LogP contribution in [0.4, 0.5) is 0 Å². The fourth-order valence-corrected chi connectivity index (χ4v) is 1.99. The molecule has 0 bridgehead atoms. The first kappa shape index (κ1) is 11.0. The highest BCUT2D eigenvalue weighted by molar-refractivity contribution is 5.86. The largest absolute Gasteiger partial charge is 0.478 e. The quantitative estimate of drug-likeness (QED) is 0.785. The van der Waals surface area contributed by atoms with E-state index in [1.807, 2.05) is 0 Å². The molecule has 2 rings (SSSR count). The molecule has 0 aliphatic heterocycles. The first-order valence-electron chi connectivity index (χ1n) is 5.40. The van der Waals surface area contributed by atoms with Gasteiger partial charge in [0.2, 0.25) is 0 Å². The van der Waals surface area contributed by atoms with E-state index in [4.69, 9.17) is 5.11 Å². The van der Waals surface area contributed by atoms with E-state index in [-0.39, 0.29) is 17.6 Å². The Labute approximate surface area is 93.2 Å². The van der Waals surface area contributed by atoms with Gasteiger partial charge in [0.25, 0.3) is 0 Å². The summed E-state index contributed by atoms with van der Waals surface area (Å²) in [6.07, 6.45) is 5.77. The van der Waals surface area contributed by atoms with Crippen molar-refractivity contribution in [2.45, 2.75) is 37.7 Å². The van der Waals surface area contributed by atoms with E-state index in [1.54, 1.807) is 0 Å². The van der Waals surface area contributed by atoms with Crippen LogP contribution in [0.3, 0.4) is 0 Å². The van der Waals surface area contributed by atoms with Gasteiger partial charge in [-0.2, -0.15) is 0 Å². The summed E-state index contributed by atoms with van der Waals surface area (Å²) in [5.41, 5.74) is 0.111. The monoisotopic (exact) mass is 222 g/mol. The van der Waals surface area contributed by atoms with Gasteiger partial charge in [-0.05, 0) is 25.7 Å². The SMILES string of the molecule is O=C(O)c1cnc(C2CCC(O)CC2)nc1. The van der Waals surface area contributed by atoms with Crippen molar-refractivity contribution in [3.63, 3.8) is 0 Å². The molecule has 0 atom stereocenters. The molecule has 2 N–H and O–H groups in total. The lowest BCUT2D eigenvalue weighted by Gasteiger charge is -2.23. The molecule has 0 unspecified atom stereocenters. The van der Waals surface area contributed by atoms with Crippen LogP contribution in [0.25, 0.3) is 0 Å². The summed E-state index contributed by atoms with van der Waals surface area (Å²) >= 11 is 0. The second-order valence-electron chi connectivity index (χ2n) is 4.14. The van der Waals surface area contributed by atoms with Gasteiger partial charge in [0, 0.05) is 18.3 Å². The Hall–Kier alpha value is -1.49. The molecule has 0 spiro atoms. The number of hydrogen-bond acceptors (Lipinski definition) is 4. The fraction of sp³-hybridized carbons (Fsp3) is 0.545. The average Bonchev–Trinajstić information content (AvgIpc) is 2.30. The zero-order valence-corrected chi connectivity index (χ0v) is 8.83. The van der Waals surface area contributed by atoms with Gasteiger partial charge in [0.1, 0.15) is 5.82 Å². The maximum Gasteiger partial charge on any atom is 0.338 e. The number of rotatable bonds is 2. The van der Waals surface area contributed by atoms with Gasteiger partial charge in [0.15, 0.2) is 0 Å². The molecular formula is C11H14N2O3. The summed E-state index contributed by atoms with van der Waals surface area (Å²) in [6.45, 7) is 0. The highest BCUT2D eigenvalue weighted by Crippen LogP contribution is 2.30. The van der Waals surface area contributed by atoms with Crippen LogP contribution in [0.2, 0.25) is 0 Å². The highest BCUT2D eigenvalue weighted by Gasteiger charge is 2.22. The van der Waals surface area contributed by atoms with E-state index in [2.05, 4.69) is 9.97 Å². The lowest BCUT2D eigenvalue weighted by Crippen LogP contribution is -2.18. The van der Waals surface area contributed by atoms with E-state index < -0.39 is 5.97 Å². The minimum atomic E-state index is -1.01. The van der Waals surface area contributed by atoms with Crippen molar-refractivity contribution in [3.05, 3.63) is 23.8 Å². The maximum atomic E-state index is 10.6. The number of carboxylic acid groups (broad SMARTS) is 1. The van der Waals surface area contributed by atoms with Crippen LogP contribution in [0, 0.1) is 0 Å². The summed E-state index contributed by atoms with van der Waals surface area (Å²) in [5, 5.41) is 18.1. The number of aliphatic hydroxyl groups is 1. The number of carboxylic acids is 1. The van der Waals surface area contributed by atoms with E-state index >= 15 is 0 Å². The van der Waals surface area contributed by atoms with Crippen molar-refractivity contribution < 1.29 is 15.0 Å². The van der Waals surface area contributed by atoms with Crippen LogP contribution < -0.4 is 0 Å². The molecule has 5 nitrogen and oxygen atoms in total. The predicted octanol–water partition coefficient (Wildman–Crippen LogP) is 1.19. The van der Waals surface area contributed by atoms with Crippen LogP contribution in [0.1, 0.15) is 47.8 Å². The molecule has 5 heteroatoms. The molecule has 1 saturated carbocycles. The summed E-state index contributed by atoms with van der Waals surface area (Å²) in [5.74, 6) is -0.0613. The number of nitrogens with zero attached hydrogens (tertiary/aromatic N) is 2. The van der Waals surface area contributed by atoms with Crippen LogP contribution in [-0.2, 0) is 0 Å². The number of carbonyl (C=O) groups is 1. The average molecular weight is 222 g/mol. The standard InChI is InChI=1S/C11H14N2O3/c14-9-3-1-7(2-4-9)10-12-5-8(6-13-10)11(15)16/h5-7,9,14H,1-4H2,(H,15,16). The van der Waals surface area contributed by atoms with Crippen LogP contribution >= 0.6 is 0 Å². The summed E-state index contributed by atoms with van der Waals surface area (Å²) < 4.78 is 0. The third-order valence-corrected chi connectivity index (χ3v) is 2.98.